The smallest absolute Gasteiger partial charge is 0.0233 e. The van der Waals surface area contributed by atoms with Gasteiger partial charge in [-0.2, -0.15) is 0 Å². The second-order valence-electron chi connectivity index (χ2n) is 5.72. The van der Waals surface area contributed by atoms with Crippen molar-refractivity contribution >= 4 is 0 Å². The number of rotatable bonds is 5. The van der Waals surface area contributed by atoms with Crippen LogP contribution >= 0.6 is 0 Å². The third-order valence-electron chi connectivity index (χ3n) is 4.38. The highest BCUT2D eigenvalue weighted by Crippen LogP contribution is 2.35. The summed E-state index contributed by atoms with van der Waals surface area (Å²) in [5, 5.41) is 0. The molecule has 1 aromatic carbocycles. The fourth-order valence-corrected chi connectivity index (χ4v) is 3.11. The van der Waals surface area contributed by atoms with Crippen molar-refractivity contribution in [2.75, 3.05) is 19.6 Å². The van der Waals surface area contributed by atoms with Crippen molar-refractivity contribution in [3.05, 3.63) is 35.9 Å². The largest absolute Gasteiger partial charge is 0.330 e. The van der Waals surface area contributed by atoms with Crippen molar-refractivity contribution in [3.63, 3.8) is 0 Å². The summed E-state index contributed by atoms with van der Waals surface area (Å²) < 4.78 is 0. The Labute approximate surface area is 111 Å². The zero-order valence-electron chi connectivity index (χ0n) is 11.6. The number of nitrogens with zero attached hydrogens (tertiary/aromatic N) is 1. The van der Waals surface area contributed by atoms with Gasteiger partial charge in [0.05, 0.1) is 0 Å². The van der Waals surface area contributed by atoms with Gasteiger partial charge in [-0.05, 0) is 49.9 Å². The van der Waals surface area contributed by atoms with Gasteiger partial charge in [-0.25, -0.2) is 0 Å². The first-order valence-corrected chi connectivity index (χ1v) is 7.24. The molecule has 2 heteroatoms. The van der Waals surface area contributed by atoms with Crippen LogP contribution in [0.4, 0.5) is 0 Å². The topological polar surface area (TPSA) is 29.3 Å². The van der Waals surface area contributed by atoms with Crippen LogP contribution in [0.2, 0.25) is 0 Å². The van der Waals surface area contributed by atoms with E-state index < -0.39 is 0 Å². The van der Waals surface area contributed by atoms with Crippen LogP contribution in [-0.2, 0) is 6.54 Å². The first-order valence-electron chi connectivity index (χ1n) is 7.24. The van der Waals surface area contributed by atoms with Gasteiger partial charge < -0.3 is 5.73 Å². The van der Waals surface area contributed by atoms with Crippen molar-refractivity contribution in [2.45, 2.75) is 39.2 Å². The number of hydrogen-bond acceptors (Lipinski definition) is 2. The molecule has 2 rings (SSSR count). The summed E-state index contributed by atoms with van der Waals surface area (Å²) in [6.45, 7) is 6.62. The molecule has 0 spiro atoms. The summed E-state index contributed by atoms with van der Waals surface area (Å²) >= 11 is 0. The fourth-order valence-electron chi connectivity index (χ4n) is 3.11. The molecule has 0 radical (unpaired) electrons. The zero-order valence-corrected chi connectivity index (χ0v) is 11.6. The van der Waals surface area contributed by atoms with E-state index in [0.717, 1.165) is 13.1 Å². The molecule has 0 bridgehead atoms. The Morgan fingerprint density at radius 2 is 1.83 bits per heavy atom. The summed E-state index contributed by atoms with van der Waals surface area (Å²) in [6.07, 6.45) is 5.09. The molecule has 100 valence electrons. The molecule has 1 aliphatic heterocycles. The van der Waals surface area contributed by atoms with Gasteiger partial charge in [0.2, 0.25) is 0 Å². The lowest BCUT2D eigenvalue weighted by molar-refractivity contribution is 0.0961. The molecule has 0 unspecified atom stereocenters. The number of benzene rings is 1. The third-order valence-corrected chi connectivity index (χ3v) is 4.38. The van der Waals surface area contributed by atoms with Crippen LogP contribution in [0.5, 0.6) is 0 Å². The van der Waals surface area contributed by atoms with Crippen LogP contribution in [0.3, 0.4) is 0 Å². The van der Waals surface area contributed by atoms with Crippen molar-refractivity contribution in [2.24, 2.45) is 11.1 Å². The highest BCUT2D eigenvalue weighted by Gasteiger charge is 2.32. The second-order valence-corrected chi connectivity index (χ2v) is 5.72. The number of likely N-dealkylation sites (tertiary alicyclic amines) is 1. The van der Waals surface area contributed by atoms with Crippen LogP contribution in [0, 0.1) is 5.41 Å². The highest BCUT2D eigenvalue weighted by atomic mass is 15.1. The van der Waals surface area contributed by atoms with E-state index in [0.29, 0.717) is 5.41 Å². The van der Waals surface area contributed by atoms with Crippen LogP contribution in [0.15, 0.2) is 30.3 Å². The molecular formula is C16H26N2. The molecule has 1 fully saturated rings. The second kappa shape index (κ2) is 6.35. The molecule has 2 nitrogen and oxygen atoms in total. The van der Waals surface area contributed by atoms with Crippen LogP contribution in [-0.4, -0.2) is 24.5 Å². The van der Waals surface area contributed by atoms with Gasteiger partial charge in [-0.3, -0.25) is 4.90 Å². The van der Waals surface area contributed by atoms with Gasteiger partial charge in [-0.1, -0.05) is 43.7 Å². The molecule has 1 saturated heterocycles. The molecule has 0 saturated carbocycles. The van der Waals surface area contributed by atoms with E-state index in [-0.39, 0.29) is 0 Å². The van der Waals surface area contributed by atoms with E-state index in [4.69, 9.17) is 5.73 Å². The number of piperidine rings is 1. The van der Waals surface area contributed by atoms with E-state index in [9.17, 15) is 0 Å². The summed E-state index contributed by atoms with van der Waals surface area (Å²) in [7, 11) is 0. The van der Waals surface area contributed by atoms with Gasteiger partial charge in [-0.15, -0.1) is 0 Å². The lowest BCUT2D eigenvalue weighted by Crippen LogP contribution is -2.43. The third kappa shape index (κ3) is 3.33. The first kappa shape index (κ1) is 13.6. The lowest BCUT2D eigenvalue weighted by Gasteiger charge is -2.41. The Kier molecular flexibility index (Phi) is 4.79. The maximum absolute atomic E-state index is 6.00. The zero-order chi connectivity index (χ0) is 12.8. The lowest BCUT2D eigenvalue weighted by atomic mass is 9.75. The minimum atomic E-state index is 0.432. The Morgan fingerprint density at radius 1 is 1.17 bits per heavy atom. The van der Waals surface area contributed by atoms with Crippen molar-refractivity contribution in [1.29, 1.82) is 0 Å². The average molecular weight is 246 g/mol. The average Bonchev–Trinajstić information content (AvgIpc) is 2.43. The summed E-state index contributed by atoms with van der Waals surface area (Å²) in [5.74, 6) is 0. The van der Waals surface area contributed by atoms with Crippen LogP contribution in [0.25, 0.3) is 0 Å². The van der Waals surface area contributed by atoms with Gasteiger partial charge in [0.1, 0.15) is 0 Å². The maximum atomic E-state index is 6.00. The minimum Gasteiger partial charge on any atom is -0.330 e. The Morgan fingerprint density at radius 3 is 2.39 bits per heavy atom. The van der Waals surface area contributed by atoms with Crippen LogP contribution < -0.4 is 5.73 Å². The molecule has 2 N–H and O–H groups in total. The van der Waals surface area contributed by atoms with E-state index in [2.05, 4.69) is 42.2 Å². The summed E-state index contributed by atoms with van der Waals surface area (Å²) in [4.78, 5) is 2.57. The minimum absolute atomic E-state index is 0.432. The molecule has 1 aromatic rings. The Balaban J connectivity index is 1.86. The van der Waals surface area contributed by atoms with E-state index >= 15 is 0 Å². The van der Waals surface area contributed by atoms with Crippen LogP contribution in [0.1, 0.15) is 38.2 Å². The van der Waals surface area contributed by atoms with Crippen molar-refractivity contribution in [3.8, 4) is 0 Å². The monoisotopic (exact) mass is 246 g/mol. The Hall–Kier alpha value is -0.860. The van der Waals surface area contributed by atoms with Gasteiger partial charge in [0.25, 0.3) is 0 Å². The highest BCUT2D eigenvalue weighted by molar-refractivity contribution is 5.14. The molecule has 0 amide bonds. The standard InChI is InChI=1S/C16H26N2/c1-2-8-16(14-17)9-11-18(12-10-16)13-15-6-4-3-5-7-15/h3-7H,2,8-14,17H2,1H3. The predicted molar refractivity (Wildman–Crippen MR) is 77.3 cm³/mol. The van der Waals surface area contributed by atoms with Crippen molar-refractivity contribution < 1.29 is 0 Å². The van der Waals surface area contributed by atoms with Crippen molar-refractivity contribution in [1.82, 2.24) is 4.90 Å². The van der Waals surface area contributed by atoms with Gasteiger partial charge in [0, 0.05) is 6.54 Å². The molecular weight excluding hydrogens is 220 g/mol. The molecule has 18 heavy (non-hydrogen) atoms. The Bertz CT molecular complexity index is 339. The molecule has 0 aromatic heterocycles. The molecule has 1 heterocycles. The first-order chi connectivity index (χ1) is 8.78. The van der Waals surface area contributed by atoms with E-state index in [1.807, 2.05) is 0 Å². The van der Waals surface area contributed by atoms with E-state index in [1.54, 1.807) is 0 Å². The SMILES string of the molecule is CCCC1(CN)CCN(Cc2ccccc2)CC1. The molecule has 0 atom stereocenters. The predicted octanol–water partition coefficient (Wildman–Crippen LogP) is 3.03. The van der Waals surface area contributed by atoms with Gasteiger partial charge in [0.15, 0.2) is 0 Å². The number of hydrogen-bond donors (Lipinski definition) is 1. The normalized spacial score (nSPS) is 19.9. The molecule has 1 aliphatic rings. The quantitative estimate of drug-likeness (QED) is 0.865. The summed E-state index contributed by atoms with van der Waals surface area (Å²) in [5.41, 5.74) is 7.86. The maximum Gasteiger partial charge on any atom is 0.0233 e. The van der Waals surface area contributed by atoms with E-state index in [1.165, 1.54) is 44.3 Å². The summed E-state index contributed by atoms with van der Waals surface area (Å²) in [6, 6.07) is 10.8. The molecule has 0 aliphatic carbocycles. The fraction of sp³-hybridized carbons (Fsp3) is 0.625. The number of nitrogens with two attached hydrogens (primary N) is 1. The van der Waals surface area contributed by atoms with Gasteiger partial charge >= 0.3 is 0 Å².